The lowest BCUT2D eigenvalue weighted by molar-refractivity contribution is 0.414. The van der Waals surface area contributed by atoms with Gasteiger partial charge in [-0.1, -0.05) is 35.9 Å². The van der Waals surface area contributed by atoms with Gasteiger partial charge in [-0.05, 0) is 67.2 Å². The van der Waals surface area contributed by atoms with Crippen LogP contribution in [-0.2, 0) is 0 Å². The molecule has 0 spiro atoms. The molecule has 4 aromatic rings. The van der Waals surface area contributed by atoms with Gasteiger partial charge in [-0.3, -0.25) is 4.98 Å². The molecule has 166 valence electrons. The van der Waals surface area contributed by atoms with Gasteiger partial charge in [-0.25, -0.2) is 0 Å². The third-order valence-corrected chi connectivity index (χ3v) is 6.61. The lowest BCUT2D eigenvalue weighted by atomic mass is 10.0. The van der Waals surface area contributed by atoms with Crippen LogP contribution in [0.4, 0.5) is 5.69 Å². The number of furan rings is 1. The average molecular weight is 476 g/mol. The fourth-order valence-corrected chi connectivity index (χ4v) is 4.73. The van der Waals surface area contributed by atoms with E-state index in [0.29, 0.717) is 10.1 Å². The van der Waals surface area contributed by atoms with E-state index in [-0.39, 0.29) is 12.1 Å². The molecule has 7 heteroatoms. The summed E-state index contributed by atoms with van der Waals surface area (Å²) in [7, 11) is 1.65. The number of nitrogens with zero attached hydrogens (tertiary/aromatic N) is 2. The number of halogens is 1. The molecule has 5 rings (SSSR count). The number of rotatable bonds is 5. The van der Waals surface area contributed by atoms with Crippen molar-refractivity contribution in [2.45, 2.75) is 19.0 Å². The highest BCUT2D eigenvalue weighted by atomic mass is 35.5. The Morgan fingerprint density at radius 1 is 1.06 bits per heavy atom. The summed E-state index contributed by atoms with van der Waals surface area (Å²) in [6, 6.07) is 23.1. The van der Waals surface area contributed by atoms with Crippen LogP contribution in [0.15, 0.2) is 83.4 Å². The molecular weight excluding hydrogens is 454 g/mol. The van der Waals surface area contributed by atoms with E-state index < -0.39 is 0 Å². The molecule has 0 unspecified atom stereocenters. The Morgan fingerprint density at radius 3 is 2.70 bits per heavy atom. The summed E-state index contributed by atoms with van der Waals surface area (Å²) in [5, 5.41) is 4.75. The van der Waals surface area contributed by atoms with Crippen LogP contribution in [0.25, 0.3) is 11.3 Å². The van der Waals surface area contributed by atoms with Crippen LogP contribution in [0.1, 0.15) is 29.1 Å². The highest BCUT2D eigenvalue weighted by molar-refractivity contribution is 7.80. The number of methoxy groups -OCH3 is 1. The Balaban J connectivity index is 1.62. The Kier molecular flexibility index (Phi) is 5.79. The lowest BCUT2D eigenvalue weighted by Crippen LogP contribution is -2.29. The molecule has 33 heavy (non-hydrogen) atoms. The fourth-order valence-electron chi connectivity index (χ4n) is 4.21. The molecule has 5 nitrogen and oxygen atoms in total. The number of nitrogens with one attached hydrogen (secondary N) is 1. The number of pyridine rings is 1. The van der Waals surface area contributed by atoms with E-state index in [1.165, 1.54) is 0 Å². The summed E-state index contributed by atoms with van der Waals surface area (Å²) >= 11 is 12.1. The summed E-state index contributed by atoms with van der Waals surface area (Å²) in [5.74, 6) is 2.29. The van der Waals surface area contributed by atoms with Gasteiger partial charge in [0.25, 0.3) is 0 Å². The highest BCUT2D eigenvalue weighted by Gasteiger charge is 2.42. The quantitative estimate of drug-likeness (QED) is 0.333. The SMILES string of the molecule is COc1cccc(N2C(=S)N[C@H](c3ccccn3)[C@@H]2c2ccc(-c3cccc(Cl)c3C)o2)c1. The molecule has 1 aliphatic heterocycles. The number of ether oxygens (including phenoxy) is 1. The van der Waals surface area contributed by atoms with Crippen LogP contribution in [0, 0.1) is 6.92 Å². The van der Waals surface area contributed by atoms with E-state index in [1.54, 1.807) is 13.3 Å². The maximum absolute atomic E-state index is 6.44. The summed E-state index contributed by atoms with van der Waals surface area (Å²) < 4.78 is 11.9. The van der Waals surface area contributed by atoms with Crippen LogP contribution in [0.5, 0.6) is 5.75 Å². The minimum absolute atomic E-state index is 0.190. The minimum Gasteiger partial charge on any atom is -0.497 e. The summed E-state index contributed by atoms with van der Waals surface area (Å²) in [6.07, 6.45) is 1.79. The zero-order valence-electron chi connectivity index (χ0n) is 18.2. The first-order chi connectivity index (χ1) is 16.1. The molecule has 1 N–H and O–H groups in total. The summed E-state index contributed by atoms with van der Waals surface area (Å²) in [4.78, 5) is 6.65. The Labute approximate surface area is 203 Å². The molecule has 2 aromatic heterocycles. The number of thiocarbonyl (C=S) groups is 1. The number of hydrogen-bond acceptors (Lipinski definition) is 4. The van der Waals surface area contributed by atoms with Crippen molar-refractivity contribution in [1.29, 1.82) is 0 Å². The monoisotopic (exact) mass is 475 g/mol. The normalized spacial score (nSPS) is 17.8. The zero-order valence-corrected chi connectivity index (χ0v) is 19.7. The topological polar surface area (TPSA) is 50.5 Å². The lowest BCUT2D eigenvalue weighted by Gasteiger charge is -2.26. The maximum atomic E-state index is 6.44. The second-order valence-corrected chi connectivity index (χ2v) is 8.61. The zero-order chi connectivity index (χ0) is 22.9. The van der Waals surface area contributed by atoms with Gasteiger partial charge in [-0.15, -0.1) is 0 Å². The van der Waals surface area contributed by atoms with Gasteiger partial charge in [-0.2, -0.15) is 0 Å². The largest absolute Gasteiger partial charge is 0.497 e. The molecule has 1 saturated heterocycles. The molecule has 1 aliphatic rings. The van der Waals surface area contributed by atoms with E-state index in [1.807, 2.05) is 79.7 Å². The van der Waals surface area contributed by atoms with Crippen molar-refractivity contribution < 1.29 is 9.15 Å². The van der Waals surface area contributed by atoms with Gasteiger partial charge in [0.15, 0.2) is 5.11 Å². The molecule has 2 atom stereocenters. The van der Waals surface area contributed by atoms with Crippen molar-refractivity contribution in [3.63, 3.8) is 0 Å². The standard InChI is InChI=1S/C26H22ClN3O2S/c1-16-19(9-6-10-20(16)27)22-12-13-23(32-22)25-24(21-11-3-4-14-28-21)29-26(33)30(25)17-7-5-8-18(15-17)31-2/h3-15,24-25H,1-2H3,(H,29,33)/t24-,25+/m1/s1. The number of hydrogen-bond donors (Lipinski definition) is 1. The molecule has 3 heterocycles. The van der Waals surface area contributed by atoms with Crippen LogP contribution in [0.3, 0.4) is 0 Å². The smallest absolute Gasteiger partial charge is 0.174 e. The fraction of sp³-hybridized carbons (Fsp3) is 0.154. The number of anilines is 1. The van der Waals surface area contributed by atoms with Crippen molar-refractivity contribution in [1.82, 2.24) is 10.3 Å². The van der Waals surface area contributed by atoms with E-state index in [0.717, 1.165) is 39.8 Å². The molecule has 1 fully saturated rings. The maximum Gasteiger partial charge on any atom is 0.174 e. The van der Waals surface area contributed by atoms with Gasteiger partial charge in [0.1, 0.15) is 23.3 Å². The predicted octanol–water partition coefficient (Wildman–Crippen LogP) is 6.49. The van der Waals surface area contributed by atoms with Crippen LogP contribution >= 0.6 is 23.8 Å². The van der Waals surface area contributed by atoms with Gasteiger partial charge in [0, 0.05) is 28.5 Å². The van der Waals surface area contributed by atoms with Crippen LogP contribution < -0.4 is 15.0 Å². The minimum atomic E-state index is -0.243. The average Bonchev–Trinajstić information content (AvgIpc) is 3.46. The van der Waals surface area contributed by atoms with Crippen LogP contribution in [0.2, 0.25) is 5.02 Å². The second kappa shape index (κ2) is 8.89. The molecule has 2 aromatic carbocycles. The van der Waals surface area contributed by atoms with Crippen molar-refractivity contribution in [2.24, 2.45) is 0 Å². The molecule has 0 aliphatic carbocycles. The van der Waals surface area contributed by atoms with Crippen molar-refractivity contribution in [3.05, 3.63) is 101 Å². The number of aromatic nitrogens is 1. The van der Waals surface area contributed by atoms with Gasteiger partial charge in [0.05, 0.1) is 18.8 Å². The third-order valence-electron chi connectivity index (χ3n) is 5.88. The van der Waals surface area contributed by atoms with Gasteiger partial charge in [0.2, 0.25) is 0 Å². The molecular formula is C26H22ClN3O2S. The Hall–Kier alpha value is -3.35. The first-order valence-corrected chi connectivity index (χ1v) is 11.4. The van der Waals surface area contributed by atoms with E-state index in [9.17, 15) is 0 Å². The van der Waals surface area contributed by atoms with Crippen molar-refractivity contribution >= 4 is 34.6 Å². The van der Waals surface area contributed by atoms with E-state index in [4.69, 9.17) is 33.0 Å². The Bertz CT molecular complexity index is 1310. The number of benzene rings is 2. The second-order valence-electron chi connectivity index (χ2n) is 7.81. The van der Waals surface area contributed by atoms with Crippen molar-refractivity contribution in [3.8, 4) is 17.1 Å². The third kappa shape index (κ3) is 3.96. The molecule has 0 amide bonds. The van der Waals surface area contributed by atoms with E-state index >= 15 is 0 Å². The first kappa shape index (κ1) is 21.5. The van der Waals surface area contributed by atoms with Gasteiger partial charge >= 0.3 is 0 Å². The molecule has 0 saturated carbocycles. The molecule has 0 bridgehead atoms. The summed E-state index contributed by atoms with van der Waals surface area (Å²) in [5.41, 5.74) is 3.73. The Morgan fingerprint density at radius 2 is 1.91 bits per heavy atom. The van der Waals surface area contributed by atoms with Crippen molar-refractivity contribution in [2.75, 3.05) is 12.0 Å². The molecule has 0 radical (unpaired) electrons. The van der Waals surface area contributed by atoms with E-state index in [2.05, 4.69) is 15.2 Å². The highest BCUT2D eigenvalue weighted by Crippen LogP contribution is 2.43. The predicted molar refractivity (Wildman–Crippen MR) is 135 cm³/mol. The first-order valence-electron chi connectivity index (χ1n) is 10.6. The summed E-state index contributed by atoms with van der Waals surface area (Å²) in [6.45, 7) is 1.99. The van der Waals surface area contributed by atoms with Crippen LogP contribution in [-0.4, -0.2) is 17.2 Å². The van der Waals surface area contributed by atoms with Gasteiger partial charge < -0.3 is 19.4 Å².